The molecular weight excluding hydrogens is 170 g/mol. The lowest BCUT2D eigenvalue weighted by Gasteiger charge is -2.11. The van der Waals surface area contributed by atoms with Crippen molar-refractivity contribution in [2.45, 2.75) is 12.5 Å². The van der Waals surface area contributed by atoms with Gasteiger partial charge >= 0.3 is 0 Å². The van der Waals surface area contributed by atoms with Crippen LogP contribution in [0.25, 0.3) is 0 Å². The lowest BCUT2D eigenvalue weighted by atomic mass is 10.3. The third-order valence-corrected chi connectivity index (χ3v) is 1.90. The van der Waals surface area contributed by atoms with E-state index >= 15 is 0 Å². The first kappa shape index (κ1) is 8.12. The normalized spacial score (nSPS) is 22.4. The van der Waals surface area contributed by atoms with Gasteiger partial charge in [0.15, 0.2) is 0 Å². The van der Waals surface area contributed by atoms with E-state index in [9.17, 15) is 9.90 Å². The Kier molecular flexibility index (Phi) is 1.94. The van der Waals surface area contributed by atoms with Crippen LogP contribution in [0.2, 0.25) is 0 Å². The highest BCUT2D eigenvalue weighted by molar-refractivity contribution is 5.94. The fourth-order valence-electron chi connectivity index (χ4n) is 1.31. The van der Waals surface area contributed by atoms with Gasteiger partial charge in [0, 0.05) is 12.4 Å². The first-order chi connectivity index (χ1) is 6.27. The van der Waals surface area contributed by atoms with Crippen LogP contribution in [0.3, 0.4) is 0 Å². The van der Waals surface area contributed by atoms with E-state index in [0.717, 1.165) is 0 Å². The molecule has 1 fully saturated rings. The van der Waals surface area contributed by atoms with Crippen LogP contribution in [0, 0.1) is 0 Å². The van der Waals surface area contributed by atoms with Gasteiger partial charge in [0.2, 0.25) is 11.9 Å². The lowest BCUT2D eigenvalue weighted by Crippen LogP contribution is -2.27. The molecule has 0 radical (unpaired) electrons. The predicted octanol–water partition coefficient (Wildman–Crippen LogP) is -0.426. The summed E-state index contributed by atoms with van der Waals surface area (Å²) >= 11 is 0. The molecule has 5 heteroatoms. The molecule has 68 valence electrons. The largest absolute Gasteiger partial charge is 0.391 e. The molecule has 0 aliphatic carbocycles. The molecule has 1 aromatic heterocycles. The maximum Gasteiger partial charge on any atom is 0.232 e. The zero-order valence-electron chi connectivity index (χ0n) is 6.92. The van der Waals surface area contributed by atoms with E-state index in [1.807, 2.05) is 0 Å². The van der Waals surface area contributed by atoms with Crippen molar-refractivity contribution in [1.29, 1.82) is 0 Å². The molecule has 1 aromatic rings. The number of aliphatic hydroxyl groups is 1. The second-order valence-electron chi connectivity index (χ2n) is 2.91. The molecular formula is C8H9N3O2. The zero-order valence-corrected chi connectivity index (χ0v) is 6.92. The summed E-state index contributed by atoms with van der Waals surface area (Å²) in [6.45, 7) is 0.294. The maximum absolute atomic E-state index is 11.3. The number of aliphatic hydroxyl groups excluding tert-OH is 1. The van der Waals surface area contributed by atoms with Crippen LogP contribution in [0.15, 0.2) is 18.5 Å². The van der Waals surface area contributed by atoms with Crippen molar-refractivity contribution in [3.8, 4) is 0 Å². The molecule has 2 rings (SSSR count). The second kappa shape index (κ2) is 3.10. The number of aromatic nitrogens is 2. The van der Waals surface area contributed by atoms with Gasteiger partial charge in [0.05, 0.1) is 19.1 Å². The Balaban J connectivity index is 2.23. The first-order valence-corrected chi connectivity index (χ1v) is 4.03. The molecule has 1 aliphatic heterocycles. The van der Waals surface area contributed by atoms with Gasteiger partial charge in [-0.25, -0.2) is 9.97 Å². The number of nitrogens with zero attached hydrogens (tertiary/aromatic N) is 3. The highest BCUT2D eigenvalue weighted by Crippen LogP contribution is 2.15. The number of carbonyl (C=O) groups excluding carboxylic acids is 1. The number of hydrogen-bond acceptors (Lipinski definition) is 4. The summed E-state index contributed by atoms with van der Waals surface area (Å²) in [7, 11) is 0. The third kappa shape index (κ3) is 1.50. The van der Waals surface area contributed by atoms with E-state index in [1.165, 1.54) is 4.90 Å². The van der Waals surface area contributed by atoms with Crippen LogP contribution >= 0.6 is 0 Å². The molecule has 1 amide bonds. The van der Waals surface area contributed by atoms with Crippen molar-refractivity contribution in [2.24, 2.45) is 0 Å². The Labute approximate surface area is 75.0 Å². The van der Waals surface area contributed by atoms with Crippen LogP contribution < -0.4 is 4.90 Å². The lowest BCUT2D eigenvalue weighted by molar-refractivity contribution is -0.117. The average molecular weight is 179 g/mol. The van der Waals surface area contributed by atoms with Crippen molar-refractivity contribution in [2.75, 3.05) is 11.4 Å². The number of β-amino-alcohol motifs (C(OH)–C–C–N with tert-alkyl or cyclic N) is 1. The minimum atomic E-state index is -0.587. The summed E-state index contributed by atoms with van der Waals surface area (Å²) in [6, 6.07) is 1.68. The Morgan fingerprint density at radius 2 is 2.15 bits per heavy atom. The SMILES string of the molecule is O=C1CC(O)CN1c1ncccn1. The number of amides is 1. The summed E-state index contributed by atoms with van der Waals surface area (Å²) in [5, 5.41) is 9.21. The summed E-state index contributed by atoms with van der Waals surface area (Å²) in [5.41, 5.74) is 0. The van der Waals surface area contributed by atoms with Gasteiger partial charge in [-0.05, 0) is 6.07 Å². The predicted molar refractivity (Wildman–Crippen MR) is 45.0 cm³/mol. The Hall–Kier alpha value is -1.49. The number of hydrogen-bond donors (Lipinski definition) is 1. The number of anilines is 1. The van der Waals surface area contributed by atoms with Crippen molar-refractivity contribution in [3.05, 3.63) is 18.5 Å². The smallest absolute Gasteiger partial charge is 0.232 e. The van der Waals surface area contributed by atoms with Crippen LogP contribution in [0.4, 0.5) is 5.95 Å². The van der Waals surface area contributed by atoms with Gasteiger partial charge in [-0.1, -0.05) is 0 Å². The van der Waals surface area contributed by atoms with Gasteiger partial charge < -0.3 is 5.11 Å². The van der Waals surface area contributed by atoms with Gasteiger partial charge in [-0.3, -0.25) is 9.69 Å². The molecule has 1 aliphatic rings. The fraction of sp³-hybridized carbons (Fsp3) is 0.375. The van der Waals surface area contributed by atoms with Gasteiger partial charge in [-0.2, -0.15) is 0 Å². The maximum atomic E-state index is 11.3. The second-order valence-corrected chi connectivity index (χ2v) is 2.91. The molecule has 1 saturated heterocycles. The molecule has 1 unspecified atom stereocenters. The van der Waals surface area contributed by atoms with Crippen molar-refractivity contribution in [3.63, 3.8) is 0 Å². The van der Waals surface area contributed by atoms with E-state index in [0.29, 0.717) is 12.5 Å². The van der Waals surface area contributed by atoms with Crippen LogP contribution in [-0.2, 0) is 4.79 Å². The number of rotatable bonds is 1. The zero-order chi connectivity index (χ0) is 9.26. The monoisotopic (exact) mass is 179 g/mol. The fourth-order valence-corrected chi connectivity index (χ4v) is 1.31. The van der Waals surface area contributed by atoms with E-state index in [4.69, 9.17) is 0 Å². The third-order valence-electron chi connectivity index (χ3n) is 1.90. The summed E-state index contributed by atoms with van der Waals surface area (Å²) < 4.78 is 0. The standard InChI is InChI=1S/C8H9N3O2/c12-6-4-7(13)11(5-6)8-9-2-1-3-10-8/h1-3,6,12H,4-5H2. The number of carbonyl (C=O) groups is 1. The quantitative estimate of drug-likeness (QED) is 0.635. The molecule has 0 aromatic carbocycles. The van der Waals surface area contributed by atoms with Gasteiger partial charge in [-0.15, -0.1) is 0 Å². The van der Waals surface area contributed by atoms with Crippen molar-refractivity contribution in [1.82, 2.24) is 9.97 Å². The molecule has 2 heterocycles. The van der Waals surface area contributed by atoms with Gasteiger partial charge in [0.1, 0.15) is 0 Å². The van der Waals surface area contributed by atoms with E-state index in [2.05, 4.69) is 9.97 Å². The van der Waals surface area contributed by atoms with E-state index in [-0.39, 0.29) is 12.3 Å². The summed E-state index contributed by atoms with van der Waals surface area (Å²) in [6.07, 6.45) is 2.72. The first-order valence-electron chi connectivity index (χ1n) is 4.03. The van der Waals surface area contributed by atoms with Gasteiger partial charge in [0.25, 0.3) is 0 Å². The molecule has 0 saturated carbocycles. The Bertz CT molecular complexity index is 314. The van der Waals surface area contributed by atoms with E-state index < -0.39 is 6.10 Å². The molecule has 1 atom stereocenters. The summed E-state index contributed by atoms with van der Waals surface area (Å²) in [5.74, 6) is 0.239. The molecule has 0 bridgehead atoms. The Morgan fingerprint density at radius 3 is 2.69 bits per heavy atom. The van der Waals surface area contributed by atoms with Crippen LogP contribution in [-0.4, -0.2) is 33.6 Å². The molecule has 0 spiro atoms. The molecule has 13 heavy (non-hydrogen) atoms. The topological polar surface area (TPSA) is 66.3 Å². The van der Waals surface area contributed by atoms with Crippen molar-refractivity contribution < 1.29 is 9.90 Å². The average Bonchev–Trinajstić information content (AvgIpc) is 2.47. The highest BCUT2D eigenvalue weighted by atomic mass is 16.3. The molecule has 1 N–H and O–H groups in total. The minimum Gasteiger partial charge on any atom is -0.391 e. The highest BCUT2D eigenvalue weighted by Gasteiger charge is 2.30. The Morgan fingerprint density at radius 1 is 1.46 bits per heavy atom. The van der Waals surface area contributed by atoms with Crippen molar-refractivity contribution >= 4 is 11.9 Å². The van der Waals surface area contributed by atoms with E-state index in [1.54, 1.807) is 18.5 Å². The van der Waals surface area contributed by atoms with Crippen LogP contribution in [0.1, 0.15) is 6.42 Å². The molecule has 5 nitrogen and oxygen atoms in total. The van der Waals surface area contributed by atoms with Crippen LogP contribution in [0.5, 0.6) is 0 Å². The minimum absolute atomic E-state index is 0.126. The summed E-state index contributed by atoms with van der Waals surface area (Å²) in [4.78, 5) is 20.5.